The number of anilines is 1. The van der Waals surface area contributed by atoms with E-state index in [1.165, 1.54) is 11.3 Å². The van der Waals surface area contributed by atoms with Crippen molar-refractivity contribution >= 4 is 22.4 Å². The lowest BCUT2D eigenvalue weighted by atomic mass is 9.93. The molecule has 5 nitrogen and oxygen atoms in total. The van der Waals surface area contributed by atoms with Gasteiger partial charge in [0.2, 0.25) is 0 Å². The fourth-order valence-electron chi connectivity index (χ4n) is 2.50. The van der Waals surface area contributed by atoms with Crippen molar-refractivity contribution in [2.24, 2.45) is 5.92 Å². The van der Waals surface area contributed by atoms with Gasteiger partial charge in [-0.15, -0.1) is 0 Å². The maximum atomic E-state index is 12.6. The molecule has 1 aromatic rings. The molecule has 0 aliphatic carbocycles. The van der Waals surface area contributed by atoms with E-state index in [-0.39, 0.29) is 17.9 Å². The van der Waals surface area contributed by atoms with Crippen molar-refractivity contribution in [3.63, 3.8) is 0 Å². The first-order valence-electron chi connectivity index (χ1n) is 7.02. The smallest absolute Gasteiger partial charge is 0.265 e. The van der Waals surface area contributed by atoms with Crippen LogP contribution >= 0.6 is 11.3 Å². The van der Waals surface area contributed by atoms with Crippen LogP contribution in [0.5, 0.6) is 0 Å². The van der Waals surface area contributed by atoms with Gasteiger partial charge in [-0.1, -0.05) is 11.3 Å². The van der Waals surface area contributed by atoms with Gasteiger partial charge in [0.15, 0.2) is 5.13 Å². The van der Waals surface area contributed by atoms with Crippen LogP contribution in [0.4, 0.5) is 5.13 Å². The Balaban J connectivity index is 2.14. The van der Waals surface area contributed by atoms with Gasteiger partial charge >= 0.3 is 0 Å². The first kappa shape index (κ1) is 15.3. The molecule has 1 saturated heterocycles. The van der Waals surface area contributed by atoms with Gasteiger partial charge in [-0.05, 0) is 26.7 Å². The summed E-state index contributed by atoms with van der Waals surface area (Å²) in [6, 6.07) is 0. The predicted octanol–water partition coefficient (Wildman–Crippen LogP) is 1.75. The standard InChI is InChI=1S/C14H23N3O2S/c1-9-12(20-14(15-9)16(3)4)13(19)17-7-5-6-11(8-17)10(2)18/h10-11,18H,5-8H2,1-4H3. The Labute approximate surface area is 124 Å². The lowest BCUT2D eigenvalue weighted by Crippen LogP contribution is -2.42. The summed E-state index contributed by atoms with van der Waals surface area (Å²) < 4.78 is 0. The van der Waals surface area contributed by atoms with Crippen LogP contribution in [-0.4, -0.2) is 54.2 Å². The zero-order valence-electron chi connectivity index (χ0n) is 12.6. The summed E-state index contributed by atoms with van der Waals surface area (Å²) in [6.07, 6.45) is 1.59. The highest BCUT2D eigenvalue weighted by molar-refractivity contribution is 7.17. The lowest BCUT2D eigenvalue weighted by molar-refractivity contribution is 0.0469. The van der Waals surface area contributed by atoms with E-state index >= 15 is 0 Å². The Hall–Kier alpha value is -1.14. The fourth-order valence-corrected chi connectivity index (χ4v) is 3.46. The van der Waals surface area contributed by atoms with Crippen LogP contribution in [0.3, 0.4) is 0 Å². The lowest BCUT2D eigenvalue weighted by Gasteiger charge is -2.34. The van der Waals surface area contributed by atoms with Crippen molar-refractivity contribution in [2.45, 2.75) is 32.8 Å². The summed E-state index contributed by atoms with van der Waals surface area (Å²) in [5.74, 6) is 0.243. The van der Waals surface area contributed by atoms with Gasteiger partial charge in [-0.25, -0.2) is 4.98 Å². The minimum Gasteiger partial charge on any atom is -0.393 e. The average Bonchev–Trinajstić information content (AvgIpc) is 2.80. The van der Waals surface area contributed by atoms with E-state index in [1.807, 2.05) is 30.8 Å². The summed E-state index contributed by atoms with van der Waals surface area (Å²) in [6.45, 7) is 5.11. The molecule has 1 amide bonds. The van der Waals surface area contributed by atoms with Crippen molar-refractivity contribution < 1.29 is 9.90 Å². The molecule has 2 heterocycles. The molecule has 112 valence electrons. The van der Waals surface area contributed by atoms with Crippen LogP contribution in [0.2, 0.25) is 0 Å². The van der Waals surface area contributed by atoms with Gasteiger partial charge in [0.25, 0.3) is 5.91 Å². The van der Waals surface area contributed by atoms with Crippen LogP contribution in [0.25, 0.3) is 0 Å². The second-order valence-corrected chi connectivity index (χ2v) is 6.68. The molecule has 0 saturated carbocycles. The molecule has 6 heteroatoms. The number of carbonyl (C=O) groups excluding carboxylic acids is 1. The molecule has 1 aliphatic heterocycles. The zero-order valence-corrected chi connectivity index (χ0v) is 13.4. The Morgan fingerprint density at radius 1 is 1.55 bits per heavy atom. The molecule has 0 spiro atoms. The Bertz CT molecular complexity index is 485. The number of aryl methyl sites for hydroxylation is 1. The number of aliphatic hydroxyl groups is 1. The van der Waals surface area contributed by atoms with E-state index < -0.39 is 0 Å². The molecular weight excluding hydrogens is 274 g/mol. The van der Waals surface area contributed by atoms with Gasteiger partial charge in [0.05, 0.1) is 11.8 Å². The molecule has 2 atom stereocenters. The maximum Gasteiger partial charge on any atom is 0.265 e. The van der Waals surface area contributed by atoms with Crippen LogP contribution in [0.15, 0.2) is 0 Å². The molecule has 20 heavy (non-hydrogen) atoms. The molecule has 1 fully saturated rings. The third-order valence-corrected chi connectivity index (χ3v) is 5.10. The summed E-state index contributed by atoms with van der Waals surface area (Å²) >= 11 is 1.44. The van der Waals surface area contributed by atoms with E-state index in [9.17, 15) is 9.90 Å². The number of hydrogen-bond donors (Lipinski definition) is 1. The fraction of sp³-hybridized carbons (Fsp3) is 0.714. The zero-order chi connectivity index (χ0) is 14.9. The number of aromatic nitrogens is 1. The predicted molar refractivity (Wildman–Crippen MR) is 81.5 cm³/mol. The topological polar surface area (TPSA) is 56.7 Å². The van der Waals surface area contributed by atoms with Gasteiger partial charge in [-0.2, -0.15) is 0 Å². The summed E-state index contributed by atoms with van der Waals surface area (Å²) in [4.78, 5) is 21.6. The van der Waals surface area contributed by atoms with Crippen LogP contribution < -0.4 is 4.90 Å². The first-order valence-corrected chi connectivity index (χ1v) is 7.84. The Morgan fingerprint density at radius 3 is 2.80 bits per heavy atom. The number of amides is 1. The second kappa shape index (κ2) is 6.10. The average molecular weight is 297 g/mol. The summed E-state index contributed by atoms with van der Waals surface area (Å²) in [5.41, 5.74) is 0.794. The van der Waals surface area contributed by atoms with Crippen LogP contribution in [0, 0.1) is 12.8 Å². The van der Waals surface area contributed by atoms with E-state index in [0.29, 0.717) is 6.54 Å². The molecular formula is C14H23N3O2S. The monoisotopic (exact) mass is 297 g/mol. The third kappa shape index (κ3) is 3.12. The number of carbonyl (C=O) groups is 1. The molecule has 1 aliphatic rings. The molecule has 0 radical (unpaired) electrons. The van der Waals surface area contributed by atoms with Gasteiger partial charge < -0.3 is 14.9 Å². The first-order chi connectivity index (χ1) is 9.40. The molecule has 0 bridgehead atoms. The van der Waals surface area contributed by atoms with Crippen molar-refractivity contribution in [3.8, 4) is 0 Å². The van der Waals surface area contributed by atoms with Crippen molar-refractivity contribution in [3.05, 3.63) is 10.6 Å². The van der Waals surface area contributed by atoms with Crippen LogP contribution in [-0.2, 0) is 0 Å². The number of hydrogen-bond acceptors (Lipinski definition) is 5. The number of aliphatic hydroxyl groups excluding tert-OH is 1. The minimum absolute atomic E-state index is 0.0541. The van der Waals surface area contributed by atoms with Crippen LogP contribution in [0.1, 0.15) is 35.1 Å². The maximum absolute atomic E-state index is 12.6. The van der Waals surface area contributed by atoms with Crippen molar-refractivity contribution in [1.82, 2.24) is 9.88 Å². The highest BCUT2D eigenvalue weighted by Crippen LogP contribution is 2.28. The summed E-state index contributed by atoms with van der Waals surface area (Å²) in [7, 11) is 3.85. The molecule has 1 N–H and O–H groups in total. The van der Waals surface area contributed by atoms with Gasteiger partial charge in [0.1, 0.15) is 4.88 Å². The van der Waals surface area contributed by atoms with E-state index in [4.69, 9.17) is 0 Å². The summed E-state index contributed by atoms with van der Waals surface area (Å²) in [5, 5.41) is 10.6. The number of piperidine rings is 1. The Kier molecular flexibility index (Phi) is 4.65. The largest absolute Gasteiger partial charge is 0.393 e. The number of thiazole rings is 1. The van der Waals surface area contributed by atoms with Crippen molar-refractivity contribution in [1.29, 1.82) is 0 Å². The molecule has 2 unspecified atom stereocenters. The quantitative estimate of drug-likeness (QED) is 0.923. The number of nitrogens with zero attached hydrogens (tertiary/aromatic N) is 3. The highest BCUT2D eigenvalue weighted by Gasteiger charge is 2.29. The van der Waals surface area contributed by atoms with Crippen molar-refractivity contribution in [2.75, 3.05) is 32.1 Å². The number of likely N-dealkylation sites (tertiary alicyclic amines) is 1. The van der Waals surface area contributed by atoms with E-state index in [0.717, 1.165) is 35.1 Å². The SMILES string of the molecule is Cc1nc(N(C)C)sc1C(=O)N1CCCC(C(C)O)C1. The molecule has 2 rings (SSSR count). The minimum atomic E-state index is -0.356. The third-order valence-electron chi connectivity index (χ3n) is 3.79. The molecule has 1 aromatic heterocycles. The second-order valence-electron chi connectivity index (χ2n) is 5.70. The molecule has 0 aromatic carbocycles. The van der Waals surface area contributed by atoms with E-state index in [1.54, 1.807) is 6.92 Å². The Morgan fingerprint density at radius 2 is 2.25 bits per heavy atom. The van der Waals surface area contributed by atoms with Gasteiger partial charge in [0, 0.05) is 33.1 Å². The van der Waals surface area contributed by atoms with E-state index in [2.05, 4.69) is 4.98 Å². The normalized spacial score (nSPS) is 20.9. The number of rotatable bonds is 3. The highest BCUT2D eigenvalue weighted by atomic mass is 32.1. The van der Waals surface area contributed by atoms with Gasteiger partial charge in [-0.3, -0.25) is 4.79 Å².